The summed E-state index contributed by atoms with van der Waals surface area (Å²) in [4.78, 5) is 50.4. The van der Waals surface area contributed by atoms with Gasteiger partial charge in [-0.15, -0.1) is 0 Å². The molecule has 0 aliphatic carbocycles. The monoisotopic (exact) mass is 473 g/mol. The van der Waals surface area contributed by atoms with Crippen LogP contribution in [0.15, 0.2) is 53.0 Å². The second-order valence-corrected chi connectivity index (χ2v) is 7.54. The van der Waals surface area contributed by atoms with Crippen LogP contribution in [0.3, 0.4) is 0 Å². The maximum Gasteiger partial charge on any atom is 0.333 e. The summed E-state index contributed by atoms with van der Waals surface area (Å²) in [5.41, 5.74) is 1.70. The molecule has 1 heterocycles. The minimum atomic E-state index is -0.979. The van der Waals surface area contributed by atoms with E-state index in [2.05, 4.69) is 26.6 Å². The van der Waals surface area contributed by atoms with Crippen LogP contribution < -0.4 is 15.5 Å². The van der Waals surface area contributed by atoms with Gasteiger partial charge in [-0.05, 0) is 29.8 Å². The Morgan fingerprint density at radius 1 is 1.13 bits per heavy atom. The van der Waals surface area contributed by atoms with Crippen LogP contribution in [0.4, 0.5) is 11.4 Å². The zero-order chi connectivity index (χ0) is 21.7. The summed E-state index contributed by atoms with van der Waals surface area (Å²) in [5.74, 6) is -1.74. The predicted octanol–water partition coefficient (Wildman–Crippen LogP) is 2.54. The number of hydrogen-bond acceptors (Lipinski definition) is 5. The minimum Gasteiger partial charge on any atom is -0.467 e. The lowest BCUT2D eigenvalue weighted by molar-refractivity contribution is -0.145. The average Bonchev–Trinajstić information content (AvgIpc) is 2.75. The van der Waals surface area contributed by atoms with E-state index in [1.807, 2.05) is 0 Å². The number of nitrogens with one attached hydrogen (secondary N) is 2. The molecule has 1 aliphatic heterocycles. The standard InChI is InChI=1S/C21H20BrN3O5/c1-30-21(29)20(13-6-8-14(22)9-7-13)24-17(26)10-11-19(28)25-12-18(27)23-15-4-2-3-5-16(15)25/h2-9,20H,10-12H2,1H3,(H,23,27)(H,24,26). The number of methoxy groups -OCH3 is 1. The summed E-state index contributed by atoms with van der Waals surface area (Å²) in [5, 5.41) is 5.32. The van der Waals surface area contributed by atoms with Crippen molar-refractivity contribution in [1.29, 1.82) is 0 Å². The number of para-hydroxylation sites is 2. The van der Waals surface area contributed by atoms with Gasteiger partial charge in [0.1, 0.15) is 6.54 Å². The van der Waals surface area contributed by atoms with Gasteiger partial charge in [0, 0.05) is 17.3 Å². The first-order chi connectivity index (χ1) is 14.4. The Hall–Kier alpha value is -3.20. The van der Waals surface area contributed by atoms with Crippen molar-refractivity contribution in [1.82, 2.24) is 5.32 Å². The normalized spacial score (nSPS) is 13.7. The highest BCUT2D eigenvalue weighted by Gasteiger charge is 2.28. The number of nitrogens with zero attached hydrogens (tertiary/aromatic N) is 1. The maximum absolute atomic E-state index is 12.7. The molecular weight excluding hydrogens is 454 g/mol. The number of carbonyl (C=O) groups is 4. The summed E-state index contributed by atoms with van der Waals surface area (Å²) in [6.45, 7) is -0.110. The molecule has 3 amide bonds. The second-order valence-electron chi connectivity index (χ2n) is 6.62. The molecule has 0 bridgehead atoms. The van der Waals surface area contributed by atoms with Crippen molar-refractivity contribution in [3.8, 4) is 0 Å². The number of halogens is 1. The van der Waals surface area contributed by atoms with Crippen LogP contribution in [-0.2, 0) is 23.9 Å². The van der Waals surface area contributed by atoms with Gasteiger partial charge in [-0.2, -0.15) is 0 Å². The number of esters is 1. The third-order valence-corrected chi connectivity index (χ3v) is 5.11. The van der Waals surface area contributed by atoms with Crippen LogP contribution in [0.25, 0.3) is 0 Å². The van der Waals surface area contributed by atoms with Gasteiger partial charge < -0.3 is 20.3 Å². The molecule has 0 spiro atoms. The number of fused-ring (bicyclic) bond motifs is 1. The summed E-state index contributed by atoms with van der Waals surface area (Å²) in [6, 6.07) is 12.9. The number of amides is 3. The Bertz CT molecular complexity index is 977. The lowest BCUT2D eigenvalue weighted by Gasteiger charge is -2.29. The highest BCUT2D eigenvalue weighted by molar-refractivity contribution is 9.10. The van der Waals surface area contributed by atoms with Crippen LogP contribution >= 0.6 is 15.9 Å². The fourth-order valence-electron chi connectivity index (χ4n) is 3.10. The van der Waals surface area contributed by atoms with Crippen molar-refractivity contribution in [3.05, 3.63) is 58.6 Å². The third-order valence-electron chi connectivity index (χ3n) is 4.58. The minimum absolute atomic E-state index is 0.109. The van der Waals surface area contributed by atoms with E-state index in [1.54, 1.807) is 48.5 Å². The van der Waals surface area contributed by atoms with Crippen molar-refractivity contribution in [2.75, 3.05) is 23.9 Å². The largest absolute Gasteiger partial charge is 0.467 e. The number of anilines is 2. The average molecular weight is 474 g/mol. The van der Waals surface area contributed by atoms with Gasteiger partial charge in [0.05, 0.1) is 18.5 Å². The Morgan fingerprint density at radius 2 is 1.83 bits per heavy atom. The van der Waals surface area contributed by atoms with Crippen molar-refractivity contribution >= 4 is 51.0 Å². The maximum atomic E-state index is 12.7. The Morgan fingerprint density at radius 3 is 2.53 bits per heavy atom. The number of rotatable bonds is 6. The zero-order valence-electron chi connectivity index (χ0n) is 16.2. The van der Waals surface area contributed by atoms with Gasteiger partial charge in [-0.25, -0.2) is 4.79 Å². The smallest absolute Gasteiger partial charge is 0.333 e. The lowest BCUT2D eigenvalue weighted by atomic mass is 10.1. The number of hydrogen-bond donors (Lipinski definition) is 2. The molecule has 2 N–H and O–H groups in total. The van der Waals surface area contributed by atoms with E-state index in [4.69, 9.17) is 4.74 Å². The topological polar surface area (TPSA) is 105 Å². The molecule has 0 radical (unpaired) electrons. The van der Waals surface area contributed by atoms with Gasteiger partial charge >= 0.3 is 5.97 Å². The van der Waals surface area contributed by atoms with Gasteiger partial charge in [-0.3, -0.25) is 14.4 Å². The number of ether oxygens (including phenoxy) is 1. The SMILES string of the molecule is COC(=O)C(NC(=O)CCC(=O)N1CC(=O)Nc2ccccc21)c1ccc(Br)cc1. The van der Waals surface area contributed by atoms with Crippen molar-refractivity contribution in [2.24, 2.45) is 0 Å². The molecule has 3 rings (SSSR count). The molecule has 156 valence electrons. The van der Waals surface area contributed by atoms with Crippen molar-refractivity contribution < 1.29 is 23.9 Å². The first-order valence-corrected chi connectivity index (χ1v) is 10.00. The van der Waals surface area contributed by atoms with Gasteiger partial charge in [0.25, 0.3) is 0 Å². The third kappa shape index (κ3) is 5.04. The molecule has 0 saturated carbocycles. The fourth-order valence-corrected chi connectivity index (χ4v) is 3.36. The van der Waals surface area contributed by atoms with Crippen molar-refractivity contribution in [3.63, 3.8) is 0 Å². The van der Waals surface area contributed by atoms with E-state index in [-0.39, 0.29) is 31.2 Å². The van der Waals surface area contributed by atoms with Gasteiger partial charge in [0.15, 0.2) is 6.04 Å². The second kappa shape index (κ2) is 9.53. The highest BCUT2D eigenvalue weighted by Crippen LogP contribution is 2.29. The van der Waals surface area contributed by atoms with E-state index in [0.29, 0.717) is 16.9 Å². The summed E-state index contributed by atoms with van der Waals surface area (Å²) >= 11 is 3.32. The first kappa shape index (κ1) is 21.5. The van der Waals surface area contributed by atoms with Crippen LogP contribution in [0.5, 0.6) is 0 Å². The van der Waals surface area contributed by atoms with Crippen molar-refractivity contribution in [2.45, 2.75) is 18.9 Å². The Balaban J connectivity index is 1.64. The summed E-state index contributed by atoms with van der Waals surface area (Å²) in [7, 11) is 1.24. The van der Waals surface area contributed by atoms with Crippen LogP contribution in [0, 0.1) is 0 Å². The molecule has 0 fully saturated rings. The van der Waals surface area contributed by atoms with E-state index >= 15 is 0 Å². The van der Waals surface area contributed by atoms with E-state index in [9.17, 15) is 19.2 Å². The molecule has 0 saturated heterocycles. The molecule has 30 heavy (non-hydrogen) atoms. The van der Waals surface area contributed by atoms with Crippen LogP contribution in [0.1, 0.15) is 24.4 Å². The van der Waals surface area contributed by atoms with E-state index in [0.717, 1.165) is 4.47 Å². The molecule has 1 aliphatic rings. The predicted molar refractivity (Wildman–Crippen MR) is 114 cm³/mol. The molecule has 9 heteroatoms. The van der Waals surface area contributed by atoms with E-state index in [1.165, 1.54) is 12.0 Å². The van der Waals surface area contributed by atoms with Gasteiger partial charge in [0.2, 0.25) is 17.7 Å². The number of benzene rings is 2. The molecule has 2 aromatic rings. The molecule has 1 unspecified atom stereocenters. The first-order valence-electron chi connectivity index (χ1n) is 9.21. The Kier molecular flexibility index (Phi) is 6.83. The molecular formula is C21H20BrN3O5. The molecule has 1 atom stereocenters. The highest BCUT2D eigenvalue weighted by atomic mass is 79.9. The fraction of sp³-hybridized carbons (Fsp3) is 0.238. The summed E-state index contributed by atoms with van der Waals surface area (Å²) < 4.78 is 5.62. The lowest BCUT2D eigenvalue weighted by Crippen LogP contribution is -2.42. The van der Waals surface area contributed by atoms with Crippen LogP contribution in [0.2, 0.25) is 0 Å². The molecule has 0 aromatic heterocycles. The Labute approximate surface area is 181 Å². The quantitative estimate of drug-likeness (QED) is 0.627. The number of carbonyl (C=O) groups excluding carboxylic acids is 4. The summed E-state index contributed by atoms with van der Waals surface area (Å²) in [6.07, 6.45) is -0.245. The molecule has 2 aromatic carbocycles. The van der Waals surface area contributed by atoms with Crippen LogP contribution in [-0.4, -0.2) is 37.3 Å². The molecule has 8 nitrogen and oxygen atoms in total. The van der Waals surface area contributed by atoms with E-state index < -0.39 is 17.9 Å². The zero-order valence-corrected chi connectivity index (χ0v) is 17.8. The van der Waals surface area contributed by atoms with Gasteiger partial charge in [-0.1, -0.05) is 40.2 Å².